The van der Waals surface area contributed by atoms with E-state index in [1.54, 1.807) is 0 Å². The monoisotopic (exact) mass is 345 g/mol. The zero-order valence-electron chi connectivity index (χ0n) is 15.1. The van der Waals surface area contributed by atoms with Gasteiger partial charge in [0.25, 0.3) is 5.56 Å². The molecule has 2 aromatic rings. The molecule has 0 aliphatic carbocycles. The van der Waals surface area contributed by atoms with Crippen molar-refractivity contribution < 1.29 is 0 Å². The van der Waals surface area contributed by atoms with Crippen LogP contribution in [0, 0.1) is 6.92 Å². The van der Waals surface area contributed by atoms with Crippen LogP contribution in [0.4, 0.5) is 0 Å². The minimum Gasteiger partial charge on any atom is -0.326 e. The van der Waals surface area contributed by atoms with Crippen molar-refractivity contribution in [3.05, 3.63) is 44.7 Å². The maximum absolute atomic E-state index is 11.9. The minimum atomic E-state index is 0.0422. The van der Waals surface area contributed by atoms with Crippen LogP contribution in [0.5, 0.6) is 0 Å². The molecule has 24 heavy (non-hydrogen) atoms. The summed E-state index contributed by atoms with van der Waals surface area (Å²) in [4.78, 5) is 22.4. The van der Waals surface area contributed by atoms with E-state index in [1.165, 1.54) is 22.7 Å². The first-order valence-electron chi connectivity index (χ1n) is 8.68. The maximum Gasteiger partial charge on any atom is 0.251 e. The van der Waals surface area contributed by atoms with Crippen molar-refractivity contribution in [1.29, 1.82) is 0 Å². The van der Waals surface area contributed by atoms with E-state index < -0.39 is 0 Å². The number of pyridine rings is 1. The summed E-state index contributed by atoms with van der Waals surface area (Å²) in [5.41, 5.74) is 3.01. The van der Waals surface area contributed by atoms with Gasteiger partial charge in [-0.2, -0.15) is 0 Å². The third-order valence-electron chi connectivity index (χ3n) is 5.02. The van der Waals surface area contributed by atoms with Gasteiger partial charge in [0.1, 0.15) is 0 Å². The van der Waals surface area contributed by atoms with Crippen LogP contribution in [0.1, 0.15) is 29.5 Å². The van der Waals surface area contributed by atoms with Crippen LogP contribution < -0.4 is 5.56 Å². The molecule has 1 unspecified atom stereocenters. The molecule has 2 aromatic heterocycles. The molecular weight excluding hydrogens is 318 g/mol. The zero-order chi connectivity index (χ0) is 17.3. The number of likely N-dealkylation sites (tertiary alicyclic amines) is 1. The third kappa shape index (κ3) is 3.63. The Morgan fingerprint density at radius 2 is 2.21 bits per heavy atom. The summed E-state index contributed by atoms with van der Waals surface area (Å²) in [5.74, 6) is 0. The van der Waals surface area contributed by atoms with Crippen molar-refractivity contribution in [1.82, 2.24) is 14.8 Å². The summed E-state index contributed by atoms with van der Waals surface area (Å²) < 4.78 is 0. The Labute approximate surface area is 148 Å². The largest absolute Gasteiger partial charge is 0.326 e. The maximum atomic E-state index is 11.9. The van der Waals surface area contributed by atoms with Crippen molar-refractivity contribution >= 4 is 11.3 Å². The van der Waals surface area contributed by atoms with Gasteiger partial charge in [-0.25, -0.2) is 0 Å². The molecule has 0 saturated carbocycles. The molecule has 0 radical (unpaired) electrons. The zero-order valence-corrected chi connectivity index (χ0v) is 15.9. The Bertz CT molecular complexity index is 764. The van der Waals surface area contributed by atoms with Gasteiger partial charge in [-0.3, -0.25) is 9.69 Å². The molecular formula is C19H27N3OS. The molecule has 5 heteroatoms. The number of nitrogens with zero attached hydrogens (tertiary/aromatic N) is 2. The van der Waals surface area contributed by atoms with Crippen LogP contribution in [0.3, 0.4) is 0 Å². The van der Waals surface area contributed by atoms with E-state index in [2.05, 4.69) is 47.1 Å². The molecule has 1 aliphatic heterocycles. The van der Waals surface area contributed by atoms with Crippen LogP contribution in [0.25, 0.3) is 10.4 Å². The van der Waals surface area contributed by atoms with Crippen molar-refractivity contribution in [3.8, 4) is 10.4 Å². The molecule has 3 rings (SSSR count). The lowest BCUT2D eigenvalue weighted by molar-refractivity contribution is 0.236. The summed E-state index contributed by atoms with van der Waals surface area (Å²) in [6.07, 6.45) is 2.02. The number of H-pyrrole nitrogens is 1. The van der Waals surface area contributed by atoms with Gasteiger partial charge in [0.15, 0.2) is 0 Å². The minimum absolute atomic E-state index is 0.0422. The van der Waals surface area contributed by atoms with Crippen LogP contribution in [-0.4, -0.2) is 48.0 Å². The quantitative estimate of drug-likeness (QED) is 0.905. The second-order valence-corrected chi connectivity index (χ2v) is 8.07. The highest BCUT2D eigenvalue weighted by Gasteiger charge is 2.23. The molecule has 0 spiro atoms. The average molecular weight is 346 g/mol. The Morgan fingerprint density at radius 1 is 1.42 bits per heavy atom. The van der Waals surface area contributed by atoms with Gasteiger partial charge in [-0.05, 0) is 58.6 Å². The highest BCUT2D eigenvalue weighted by atomic mass is 32.1. The predicted molar refractivity (Wildman–Crippen MR) is 102 cm³/mol. The molecule has 0 amide bonds. The molecule has 1 fully saturated rings. The second-order valence-electron chi connectivity index (χ2n) is 6.90. The number of likely N-dealkylation sites (N-methyl/N-ethyl adjacent to an activating group) is 2. The van der Waals surface area contributed by atoms with E-state index in [4.69, 9.17) is 0 Å². The second kappa shape index (κ2) is 7.21. The number of aromatic amines is 1. The van der Waals surface area contributed by atoms with Crippen molar-refractivity contribution in [2.75, 3.05) is 27.2 Å². The van der Waals surface area contributed by atoms with Crippen LogP contribution in [0.2, 0.25) is 0 Å². The van der Waals surface area contributed by atoms with Gasteiger partial charge in [0, 0.05) is 45.7 Å². The standard InChI is InChI=1S/C19H27N3OS/c1-5-14-10-17(13(2)20-19(14)23)18-7-6-16(24-18)12-22(4)15-8-9-21(3)11-15/h6-7,10,15H,5,8-9,11-12H2,1-4H3,(H,20,23). The van der Waals surface area contributed by atoms with Crippen molar-refractivity contribution in [3.63, 3.8) is 0 Å². The summed E-state index contributed by atoms with van der Waals surface area (Å²) in [6, 6.07) is 7.13. The Hall–Kier alpha value is -1.43. The number of rotatable bonds is 5. The smallest absolute Gasteiger partial charge is 0.251 e. The van der Waals surface area contributed by atoms with Gasteiger partial charge < -0.3 is 9.88 Å². The summed E-state index contributed by atoms with van der Waals surface area (Å²) >= 11 is 1.84. The molecule has 1 atom stereocenters. The van der Waals surface area contributed by atoms with Crippen molar-refractivity contribution in [2.24, 2.45) is 0 Å². The third-order valence-corrected chi connectivity index (χ3v) is 6.12. The Balaban J connectivity index is 1.77. The molecule has 4 nitrogen and oxygen atoms in total. The summed E-state index contributed by atoms with van der Waals surface area (Å²) in [5, 5.41) is 0. The van der Waals surface area contributed by atoms with E-state index in [-0.39, 0.29) is 5.56 Å². The lowest BCUT2D eigenvalue weighted by atomic mass is 10.1. The van der Waals surface area contributed by atoms with Gasteiger partial charge >= 0.3 is 0 Å². The number of aromatic nitrogens is 1. The number of thiophene rings is 1. The van der Waals surface area contributed by atoms with E-state index in [0.29, 0.717) is 6.04 Å². The molecule has 3 heterocycles. The molecule has 0 aromatic carbocycles. The van der Waals surface area contributed by atoms with Crippen molar-refractivity contribution in [2.45, 2.75) is 39.3 Å². The van der Waals surface area contributed by atoms with E-state index >= 15 is 0 Å². The number of nitrogens with one attached hydrogen (secondary N) is 1. The normalized spacial score (nSPS) is 18.6. The first kappa shape index (κ1) is 17.4. The SMILES string of the molecule is CCc1cc(-c2ccc(CN(C)C3CCN(C)C3)s2)c(C)[nH]c1=O. The summed E-state index contributed by atoms with van der Waals surface area (Å²) in [7, 11) is 4.42. The fourth-order valence-electron chi connectivity index (χ4n) is 3.44. The molecule has 0 bridgehead atoms. The van der Waals surface area contributed by atoms with Gasteiger partial charge in [0.05, 0.1) is 0 Å². The van der Waals surface area contributed by atoms with Gasteiger partial charge in [0.2, 0.25) is 0 Å². The van der Waals surface area contributed by atoms with E-state index in [0.717, 1.165) is 36.3 Å². The highest BCUT2D eigenvalue weighted by Crippen LogP contribution is 2.31. The first-order valence-corrected chi connectivity index (χ1v) is 9.50. The van der Waals surface area contributed by atoms with Gasteiger partial charge in [-0.15, -0.1) is 11.3 Å². The van der Waals surface area contributed by atoms with E-state index in [9.17, 15) is 4.79 Å². The first-order chi connectivity index (χ1) is 11.5. The molecule has 1 aliphatic rings. The number of aryl methyl sites for hydroxylation is 2. The fourth-order valence-corrected chi connectivity index (χ4v) is 4.58. The molecule has 1 N–H and O–H groups in total. The molecule has 1 saturated heterocycles. The van der Waals surface area contributed by atoms with E-state index in [1.807, 2.05) is 25.2 Å². The highest BCUT2D eigenvalue weighted by molar-refractivity contribution is 7.15. The Kier molecular flexibility index (Phi) is 5.23. The van der Waals surface area contributed by atoms with Crippen LogP contribution >= 0.6 is 11.3 Å². The fraction of sp³-hybridized carbons (Fsp3) is 0.526. The predicted octanol–water partition coefficient (Wildman–Crippen LogP) is 3.11. The Morgan fingerprint density at radius 3 is 2.88 bits per heavy atom. The number of hydrogen-bond donors (Lipinski definition) is 1. The summed E-state index contributed by atoms with van der Waals surface area (Å²) in [6.45, 7) is 7.36. The van der Waals surface area contributed by atoms with Gasteiger partial charge in [-0.1, -0.05) is 6.92 Å². The van der Waals surface area contributed by atoms with Crippen LogP contribution in [-0.2, 0) is 13.0 Å². The lowest BCUT2D eigenvalue weighted by Crippen LogP contribution is -2.32. The average Bonchev–Trinajstić information content (AvgIpc) is 3.17. The lowest BCUT2D eigenvalue weighted by Gasteiger charge is -2.23. The molecule has 130 valence electrons. The number of hydrogen-bond acceptors (Lipinski definition) is 4. The topological polar surface area (TPSA) is 39.3 Å². The van der Waals surface area contributed by atoms with Crippen LogP contribution in [0.15, 0.2) is 23.0 Å².